The van der Waals surface area contributed by atoms with Gasteiger partial charge in [0.2, 0.25) is 0 Å². The van der Waals surface area contributed by atoms with Gasteiger partial charge in [-0.25, -0.2) is 0 Å². The van der Waals surface area contributed by atoms with E-state index in [1.165, 1.54) is 99.6 Å². The molecular formula is C80H58N2. The van der Waals surface area contributed by atoms with Crippen LogP contribution in [0, 0.1) is 0 Å². The third kappa shape index (κ3) is 10.2. The summed E-state index contributed by atoms with van der Waals surface area (Å²) in [6.45, 7) is 0. The fraction of sp³-hybridized carbons (Fsp3) is 0.0250. The second kappa shape index (κ2) is 22.3. The third-order valence-electron chi connectivity index (χ3n) is 16.3. The average Bonchev–Trinajstić information content (AvgIpc) is 3.69. The minimum Gasteiger partial charge on any atom is -0.311 e. The average molecular weight is 1050 g/mol. The van der Waals surface area contributed by atoms with Crippen LogP contribution in [0.5, 0.6) is 0 Å². The van der Waals surface area contributed by atoms with Gasteiger partial charge in [-0.3, -0.25) is 0 Å². The first-order valence-electron chi connectivity index (χ1n) is 28.4. The van der Waals surface area contributed by atoms with Crippen LogP contribution < -0.4 is 9.80 Å². The molecule has 2 heteroatoms. The van der Waals surface area contributed by atoms with Crippen molar-refractivity contribution in [3.63, 3.8) is 0 Å². The number of nitrogens with zero attached hydrogens (tertiary/aromatic N) is 2. The molecule has 1 atom stereocenters. The smallest absolute Gasteiger partial charge is 0.0462 e. The molecule has 1 unspecified atom stereocenters. The quantitative estimate of drug-likeness (QED) is 0.114. The molecule has 13 aromatic carbocycles. The highest BCUT2D eigenvalue weighted by Gasteiger charge is 2.20. The Hall–Kier alpha value is -10.5. The van der Waals surface area contributed by atoms with Gasteiger partial charge in [-0.15, -0.1) is 0 Å². The summed E-state index contributed by atoms with van der Waals surface area (Å²) < 4.78 is 0. The molecule has 13 aromatic rings. The van der Waals surface area contributed by atoms with Gasteiger partial charge in [-0.2, -0.15) is 0 Å². The van der Waals surface area contributed by atoms with E-state index < -0.39 is 0 Å². The SMILES string of the molecule is C1=CC(c2ccc(-c3ccc(-c4ccc(N(c5ccc(-c6ccccc6)cc5)c5ccc(-c6ccc7ccccc7c6)cc5)cc4)cc3)cc2)CC=C1N(c1ccc(-c2ccccc2)cc1)c1ccc(-c2cccc3ccccc23)cc1. The van der Waals surface area contributed by atoms with Crippen molar-refractivity contribution in [1.82, 2.24) is 0 Å². The molecule has 14 rings (SSSR count). The highest BCUT2D eigenvalue weighted by atomic mass is 15.1. The summed E-state index contributed by atoms with van der Waals surface area (Å²) in [5.41, 5.74) is 22.5. The molecule has 2 nitrogen and oxygen atoms in total. The van der Waals surface area contributed by atoms with Crippen molar-refractivity contribution in [1.29, 1.82) is 0 Å². The monoisotopic (exact) mass is 1050 g/mol. The van der Waals surface area contributed by atoms with Crippen LogP contribution in [0.2, 0.25) is 0 Å². The van der Waals surface area contributed by atoms with Crippen LogP contribution in [0.25, 0.3) is 88.3 Å². The van der Waals surface area contributed by atoms with Crippen LogP contribution in [-0.2, 0) is 0 Å². The molecule has 0 fully saturated rings. The van der Waals surface area contributed by atoms with E-state index >= 15 is 0 Å². The second-order valence-corrected chi connectivity index (χ2v) is 21.3. The van der Waals surface area contributed by atoms with E-state index in [4.69, 9.17) is 0 Å². The highest BCUT2D eigenvalue weighted by molar-refractivity contribution is 5.97. The molecule has 0 spiro atoms. The van der Waals surface area contributed by atoms with Gasteiger partial charge in [-0.05, 0) is 173 Å². The molecule has 0 amide bonds. The molecular weight excluding hydrogens is 989 g/mol. The molecule has 0 aromatic heterocycles. The maximum Gasteiger partial charge on any atom is 0.0462 e. The van der Waals surface area contributed by atoms with E-state index in [0.29, 0.717) is 0 Å². The lowest BCUT2D eigenvalue weighted by Crippen LogP contribution is -2.17. The standard InChI is InChI=1S/C80H58N2/c1-3-12-57(13-4-1)64-32-44-73(45-33-64)81(77-52-40-68(41-53-77)72-31-30-59-16-7-8-18-71(59)56-72)75-48-36-66(37-49-75)62-26-22-60(23-27-62)61-24-28-63(29-25-61)67-38-50-76(51-39-67)82(74-46-34-65(35-47-74)58-14-5-2-6-15-58)78-54-42-70(43-55-78)80-21-11-19-69-17-9-10-20-79(69)80/h1-38,40-56,67H,39H2. The van der Waals surface area contributed by atoms with Gasteiger partial charge in [0.25, 0.3) is 0 Å². The van der Waals surface area contributed by atoms with E-state index in [9.17, 15) is 0 Å². The molecule has 0 N–H and O–H groups in total. The van der Waals surface area contributed by atoms with Crippen LogP contribution in [0.4, 0.5) is 28.4 Å². The molecule has 1 aliphatic rings. The Kier molecular flexibility index (Phi) is 13.5. The van der Waals surface area contributed by atoms with Crippen LogP contribution in [-0.4, -0.2) is 0 Å². The minimum absolute atomic E-state index is 0.276. The molecule has 0 aliphatic heterocycles. The third-order valence-corrected chi connectivity index (χ3v) is 16.3. The molecule has 82 heavy (non-hydrogen) atoms. The van der Waals surface area contributed by atoms with Crippen molar-refractivity contribution in [2.24, 2.45) is 0 Å². The normalized spacial score (nSPS) is 13.0. The summed E-state index contributed by atoms with van der Waals surface area (Å²) in [4.78, 5) is 4.74. The fourth-order valence-corrected chi connectivity index (χ4v) is 11.8. The zero-order valence-electron chi connectivity index (χ0n) is 45.4. The number of hydrogen-bond acceptors (Lipinski definition) is 2. The first-order chi connectivity index (χ1) is 40.6. The molecule has 1 aliphatic carbocycles. The van der Waals surface area contributed by atoms with Crippen LogP contribution in [0.15, 0.2) is 339 Å². The Balaban J connectivity index is 0.683. The molecule has 0 saturated carbocycles. The lowest BCUT2D eigenvalue weighted by atomic mass is 9.90. The first-order valence-corrected chi connectivity index (χ1v) is 28.4. The lowest BCUT2D eigenvalue weighted by molar-refractivity contribution is 0.840. The number of hydrogen-bond donors (Lipinski definition) is 0. The number of fused-ring (bicyclic) bond motifs is 2. The van der Waals surface area contributed by atoms with Gasteiger partial charge in [0.05, 0.1) is 0 Å². The van der Waals surface area contributed by atoms with Crippen molar-refractivity contribution >= 4 is 50.0 Å². The zero-order chi connectivity index (χ0) is 54.6. The molecule has 0 radical (unpaired) electrons. The summed E-state index contributed by atoms with van der Waals surface area (Å²) in [5, 5.41) is 5.01. The van der Waals surface area contributed by atoms with E-state index in [1.807, 2.05) is 0 Å². The second-order valence-electron chi connectivity index (χ2n) is 21.3. The maximum absolute atomic E-state index is 2.40. The highest BCUT2D eigenvalue weighted by Crippen LogP contribution is 2.41. The van der Waals surface area contributed by atoms with Crippen LogP contribution in [0.1, 0.15) is 17.9 Å². The van der Waals surface area contributed by atoms with Crippen molar-refractivity contribution in [2.45, 2.75) is 12.3 Å². The Labute approximate surface area is 481 Å². The minimum atomic E-state index is 0.276. The van der Waals surface area contributed by atoms with Gasteiger partial charge >= 0.3 is 0 Å². The number of allylic oxidation sites excluding steroid dienone is 3. The van der Waals surface area contributed by atoms with Crippen molar-refractivity contribution in [2.75, 3.05) is 9.80 Å². The molecule has 0 saturated heterocycles. The van der Waals surface area contributed by atoms with Gasteiger partial charge in [0, 0.05) is 40.1 Å². The Morgan fingerprint density at radius 1 is 0.256 bits per heavy atom. The number of anilines is 5. The maximum atomic E-state index is 2.40. The van der Waals surface area contributed by atoms with Gasteiger partial charge in [-0.1, -0.05) is 261 Å². The van der Waals surface area contributed by atoms with E-state index in [0.717, 1.165) is 34.9 Å². The number of rotatable bonds is 13. The molecule has 0 heterocycles. The molecule has 388 valence electrons. The number of benzene rings is 13. The zero-order valence-corrected chi connectivity index (χ0v) is 45.4. The van der Waals surface area contributed by atoms with Crippen LogP contribution in [0.3, 0.4) is 0 Å². The van der Waals surface area contributed by atoms with Gasteiger partial charge in [0.1, 0.15) is 0 Å². The topological polar surface area (TPSA) is 6.48 Å². The van der Waals surface area contributed by atoms with E-state index in [1.54, 1.807) is 0 Å². The summed E-state index contributed by atoms with van der Waals surface area (Å²) in [6.07, 6.45) is 7.99. The predicted octanol–water partition coefficient (Wildman–Crippen LogP) is 22.2. The van der Waals surface area contributed by atoms with E-state index in [2.05, 4.69) is 343 Å². The molecule has 0 bridgehead atoms. The first kappa shape index (κ1) is 49.7. The Bertz CT molecular complexity index is 4390. The fourth-order valence-electron chi connectivity index (χ4n) is 11.8. The van der Waals surface area contributed by atoms with E-state index in [-0.39, 0.29) is 5.92 Å². The summed E-state index contributed by atoms with van der Waals surface area (Å²) in [6, 6.07) is 115. The van der Waals surface area contributed by atoms with Gasteiger partial charge < -0.3 is 9.80 Å². The van der Waals surface area contributed by atoms with Gasteiger partial charge in [0.15, 0.2) is 0 Å². The van der Waals surface area contributed by atoms with Crippen LogP contribution >= 0.6 is 0 Å². The summed E-state index contributed by atoms with van der Waals surface area (Å²) in [5.74, 6) is 0.276. The summed E-state index contributed by atoms with van der Waals surface area (Å²) in [7, 11) is 0. The largest absolute Gasteiger partial charge is 0.311 e. The Morgan fingerprint density at radius 3 is 1.11 bits per heavy atom. The van der Waals surface area contributed by atoms with Crippen molar-refractivity contribution < 1.29 is 0 Å². The predicted molar refractivity (Wildman–Crippen MR) is 348 cm³/mol. The van der Waals surface area contributed by atoms with Crippen molar-refractivity contribution in [3.8, 4) is 66.8 Å². The summed E-state index contributed by atoms with van der Waals surface area (Å²) >= 11 is 0. The van der Waals surface area contributed by atoms with Crippen molar-refractivity contribution in [3.05, 3.63) is 345 Å². The Morgan fingerprint density at radius 2 is 0.622 bits per heavy atom. The lowest BCUT2D eigenvalue weighted by Gasteiger charge is -2.29.